The fraction of sp³-hybridized carbons (Fsp3) is 0.565. The van der Waals surface area contributed by atoms with E-state index in [1.807, 2.05) is 13.8 Å². The highest BCUT2D eigenvalue weighted by molar-refractivity contribution is 5.98. The number of carbonyl (C=O) groups is 2. The molecule has 0 aromatic heterocycles. The summed E-state index contributed by atoms with van der Waals surface area (Å²) in [6.45, 7) is 4.99. The molecule has 2 fully saturated rings. The number of fused-ring (bicyclic) bond motifs is 1. The molecule has 1 N–H and O–H groups in total. The number of amides is 2. The first-order valence-corrected chi connectivity index (χ1v) is 10.8. The van der Waals surface area contributed by atoms with Gasteiger partial charge in [-0.25, -0.2) is 4.39 Å². The molecular weight excluding hydrogens is 387 g/mol. The number of nitrogens with one attached hydrogen (secondary N) is 1. The summed E-state index contributed by atoms with van der Waals surface area (Å²) in [5.74, 6) is -0.884. The summed E-state index contributed by atoms with van der Waals surface area (Å²) in [5, 5.41) is 2.86. The summed E-state index contributed by atoms with van der Waals surface area (Å²) < 4.78 is 25.5. The van der Waals surface area contributed by atoms with Crippen LogP contribution in [0, 0.1) is 5.82 Å². The Morgan fingerprint density at radius 3 is 2.87 bits per heavy atom. The third-order valence-electron chi connectivity index (χ3n) is 5.42. The Morgan fingerprint density at radius 1 is 1.33 bits per heavy atom. The van der Waals surface area contributed by atoms with Crippen molar-refractivity contribution in [1.82, 2.24) is 10.2 Å². The number of benzene rings is 1. The molecule has 0 spiro atoms. The average molecular weight is 419 g/mol. The van der Waals surface area contributed by atoms with Crippen molar-refractivity contribution in [1.29, 1.82) is 0 Å². The second kappa shape index (κ2) is 10.6. The zero-order valence-electron chi connectivity index (χ0n) is 17.7. The molecular formula is C23H31FN2O4. The monoisotopic (exact) mass is 418 g/mol. The van der Waals surface area contributed by atoms with Gasteiger partial charge < -0.3 is 19.7 Å². The van der Waals surface area contributed by atoms with E-state index in [-0.39, 0.29) is 42.4 Å². The van der Waals surface area contributed by atoms with Gasteiger partial charge in [-0.3, -0.25) is 9.59 Å². The van der Waals surface area contributed by atoms with Crippen molar-refractivity contribution in [3.8, 4) is 0 Å². The van der Waals surface area contributed by atoms with Gasteiger partial charge in [0.15, 0.2) is 5.76 Å². The van der Waals surface area contributed by atoms with Crippen LogP contribution in [0.25, 0.3) is 6.08 Å². The second-order valence-corrected chi connectivity index (χ2v) is 8.09. The maximum absolute atomic E-state index is 14.1. The molecule has 1 heterocycles. The van der Waals surface area contributed by atoms with Crippen LogP contribution in [0.1, 0.15) is 51.5 Å². The van der Waals surface area contributed by atoms with E-state index in [2.05, 4.69) is 5.32 Å². The Bertz CT molecular complexity index is 780. The van der Waals surface area contributed by atoms with Crippen LogP contribution in [0.4, 0.5) is 4.39 Å². The number of hydrogen-bond acceptors (Lipinski definition) is 4. The van der Waals surface area contributed by atoms with Gasteiger partial charge in [-0.2, -0.15) is 0 Å². The molecule has 0 radical (unpaired) electrons. The first kappa shape index (κ1) is 22.3. The molecule has 2 atom stereocenters. The second-order valence-electron chi connectivity index (χ2n) is 8.09. The maximum atomic E-state index is 14.1. The summed E-state index contributed by atoms with van der Waals surface area (Å²) >= 11 is 0. The Labute approximate surface area is 177 Å². The number of nitrogens with zero attached hydrogens (tertiary/aromatic N) is 1. The van der Waals surface area contributed by atoms with Crippen molar-refractivity contribution >= 4 is 17.9 Å². The molecule has 1 saturated carbocycles. The number of ether oxygens (including phenoxy) is 2. The van der Waals surface area contributed by atoms with Crippen molar-refractivity contribution < 1.29 is 23.5 Å². The van der Waals surface area contributed by atoms with E-state index in [1.54, 1.807) is 23.1 Å². The predicted octanol–water partition coefficient (Wildman–Crippen LogP) is 3.27. The SMILES string of the molecule is CC(C)OCCCNC(=O)CN1C(=O)/C(=C/c2ccccc2F)OC2CCCCC21. The molecule has 1 saturated heterocycles. The van der Waals surface area contributed by atoms with E-state index < -0.39 is 5.82 Å². The van der Waals surface area contributed by atoms with Gasteiger partial charge >= 0.3 is 0 Å². The predicted molar refractivity (Wildman–Crippen MR) is 112 cm³/mol. The first-order chi connectivity index (χ1) is 14.5. The molecule has 1 aliphatic heterocycles. The summed E-state index contributed by atoms with van der Waals surface area (Å²) in [7, 11) is 0. The lowest BCUT2D eigenvalue weighted by Crippen LogP contribution is -2.57. The first-order valence-electron chi connectivity index (χ1n) is 10.8. The Morgan fingerprint density at radius 2 is 2.10 bits per heavy atom. The topological polar surface area (TPSA) is 67.9 Å². The lowest BCUT2D eigenvalue weighted by Gasteiger charge is -2.44. The third kappa shape index (κ3) is 5.81. The summed E-state index contributed by atoms with van der Waals surface area (Å²) in [6.07, 6.45) is 5.78. The van der Waals surface area contributed by atoms with Crippen LogP contribution < -0.4 is 5.32 Å². The van der Waals surface area contributed by atoms with Gasteiger partial charge in [0, 0.05) is 18.7 Å². The molecule has 2 unspecified atom stereocenters. The number of hydrogen-bond donors (Lipinski definition) is 1. The molecule has 2 amide bonds. The van der Waals surface area contributed by atoms with Gasteiger partial charge in [0.05, 0.1) is 12.1 Å². The number of morpholine rings is 1. The van der Waals surface area contributed by atoms with Crippen LogP contribution in [0.15, 0.2) is 30.0 Å². The molecule has 164 valence electrons. The minimum absolute atomic E-state index is 0.0248. The molecule has 30 heavy (non-hydrogen) atoms. The van der Waals surface area contributed by atoms with Crippen LogP contribution in [0.3, 0.4) is 0 Å². The molecule has 0 bridgehead atoms. The molecule has 1 aromatic rings. The van der Waals surface area contributed by atoms with Gasteiger partial charge in [-0.1, -0.05) is 24.6 Å². The van der Waals surface area contributed by atoms with E-state index in [1.165, 1.54) is 12.1 Å². The van der Waals surface area contributed by atoms with E-state index in [4.69, 9.17) is 9.47 Å². The lowest BCUT2D eigenvalue weighted by molar-refractivity contribution is -0.151. The largest absolute Gasteiger partial charge is 0.482 e. The summed E-state index contributed by atoms with van der Waals surface area (Å²) in [6, 6.07) is 6.12. The zero-order chi connectivity index (χ0) is 21.5. The van der Waals surface area contributed by atoms with Gasteiger partial charge in [0.2, 0.25) is 5.91 Å². The maximum Gasteiger partial charge on any atom is 0.289 e. The van der Waals surface area contributed by atoms with E-state index in [9.17, 15) is 14.0 Å². The molecule has 1 aromatic carbocycles. The van der Waals surface area contributed by atoms with E-state index in [0.29, 0.717) is 25.1 Å². The number of halogens is 1. The summed E-state index contributed by atoms with van der Waals surface area (Å²) in [4.78, 5) is 27.2. The molecule has 2 aliphatic rings. The minimum Gasteiger partial charge on any atom is -0.482 e. The Hall–Kier alpha value is -2.41. The van der Waals surface area contributed by atoms with Gasteiger partial charge in [-0.05, 0) is 51.7 Å². The Balaban J connectivity index is 1.67. The van der Waals surface area contributed by atoms with Crippen LogP contribution in [-0.4, -0.2) is 54.7 Å². The molecule has 6 nitrogen and oxygen atoms in total. The van der Waals surface area contributed by atoms with Crippen molar-refractivity contribution in [3.63, 3.8) is 0 Å². The van der Waals surface area contributed by atoms with Crippen LogP contribution in [0.5, 0.6) is 0 Å². The molecule has 3 rings (SSSR count). The minimum atomic E-state index is -0.417. The normalized spacial score (nSPS) is 22.7. The van der Waals surface area contributed by atoms with Crippen LogP contribution >= 0.6 is 0 Å². The van der Waals surface area contributed by atoms with Gasteiger partial charge in [0.25, 0.3) is 5.91 Å². The van der Waals surface area contributed by atoms with E-state index >= 15 is 0 Å². The Kier molecular flexibility index (Phi) is 7.85. The fourth-order valence-corrected chi connectivity index (χ4v) is 3.92. The highest BCUT2D eigenvalue weighted by atomic mass is 19.1. The van der Waals surface area contributed by atoms with Crippen LogP contribution in [0.2, 0.25) is 0 Å². The van der Waals surface area contributed by atoms with Gasteiger partial charge in [0.1, 0.15) is 18.5 Å². The number of carbonyl (C=O) groups excluding carboxylic acids is 2. The highest BCUT2D eigenvalue weighted by Crippen LogP contribution is 2.33. The van der Waals surface area contributed by atoms with Crippen LogP contribution in [-0.2, 0) is 19.1 Å². The quantitative estimate of drug-likeness (QED) is 0.520. The average Bonchev–Trinajstić information content (AvgIpc) is 2.72. The molecule has 1 aliphatic carbocycles. The summed E-state index contributed by atoms with van der Waals surface area (Å²) in [5.41, 5.74) is 0.296. The highest BCUT2D eigenvalue weighted by Gasteiger charge is 2.42. The van der Waals surface area contributed by atoms with Gasteiger partial charge in [-0.15, -0.1) is 0 Å². The zero-order valence-corrected chi connectivity index (χ0v) is 17.7. The van der Waals surface area contributed by atoms with Crippen molar-refractivity contribution in [2.24, 2.45) is 0 Å². The smallest absolute Gasteiger partial charge is 0.289 e. The van der Waals surface area contributed by atoms with Crippen molar-refractivity contribution in [2.75, 3.05) is 19.7 Å². The fourth-order valence-electron chi connectivity index (χ4n) is 3.92. The van der Waals surface area contributed by atoms with Crippen molar-refractivity contribution in [3.05, 3.63) is 41.4 Å². The van der Waals surface area contributed by atoms with E-state index in [0.717, 1.165) is 25.7 Å². The molecule has 7 heteroatoms. The van der Waals surface area contributed by atoms with Crippen molar-refractivity contribution in [2.45, 2.75) is 64.2 Å². The number of rotatable bonds is 8. The standard InChI is InChI=1S/C23H31FN2O4/c1-16(2)29-13-7-12-25-22(27)15-26-19-10-5-6-11-20(19)30-21(23(26)28)14-17-8-3-4-9-18(17)24/h3-4,8-9,14,16,19-20H,5-7,10-13,15H2,1-2H3,(H,25,27)/b21-14-. The third-order valence-corrected chi connectivity index (χ3v) is 5.42. The lowest BCUT2D eigenvalue weighted by atomic mass is 9.89.